The molecule has 2 N–H and O–H groups in total. The largest absolute Gasteiger partial charge is 0.379 e. The average Bonchev–Trinajstić information content (AvgIpc) is 2.79. The molecule has 2 heterocycles. The van der Waals surface area contributed by atoms with E-state index in [0.29, 0.717) is 6.04 Å². The number of rotatable bonds is 5. The van der Waals surface area contributed by atoms with Gasteiger partial charge in [0.15, 0.2) is 0 Å². The van der Waals surface area contributed by atoms with Crippen LogP contribution in [0.5, 0.6) is 0 Å². The monoisotopic (exact) mass is 226 g/mol. The van der Waals surface area contributed by atoms with E-state index in [2.05, 4.69) is 28.1 Å². The maximum atomic E-state index is 5.40. The summed E-state index contributed by atoms with van der Waals surface area (Å²) in [5, 5.41) is 9.02. The minimum atomic E-state index is 0.537. The Morgan fingerprint density at radius 2 is 2.60 bits per heavy atom. The smallest absolute Gasteiger partial charge is 0.0620 e. The molecule has 84 valence electrons. The number of morpholine rings is 1. The summed E-state index contributed by atoms with van der Waals surface area (Å²) in [5.41, 5.74) is 0. The molecular formula is C11H18N2OS. The maximum absolute atomic E-state index is 5.40. The first-order chi connectivity index (χ1) is 7.45. The highest BCUT2D eigenvalue weighted by molar-refractivity contribution is 7.09. The molecule has 1 fully saturated rings. The summed E-state index contributed by atoms with van der Waals surface area (Å²) in [6.45, 7) is 4.76. The van der Waals surface area contributed by atoms with E-state index in [9.17, 15) is 0 Å². The van der Waals surface area contributed by atoms with E-state index < -0.39 is 0 Å². The zero-order chi connectivity index (χ0) is 10.3. The lowest BCUT2D eigenvalue weighted by molar-refractivity contribution is 0.0742. The molecule has 1 atom stereocenters. The quantitative estimate of drug-likeness (QED) is 0.741. The first-order valence-electron chi connectivity index (χ1n) is 5.49. The third-order valence-corrected chi connectivity index (χ3v) is 3.42. The Hall–Kier alpha value is -0.420. The summed E-state index contributed by atoms with van der Waals surface area (Å²) in [5.74, 6) is 0. The van der Waals surface area contributed by atoms with Gasteiger partial charge in [0.2, 0.25) is 0 Å². The molecule has 0 radical (unpaired) electrons. The Morgan fingerprint density at radius 1 is 1.60 bits per heavy atom. The number of nitrogens with one attached hydrogen (secondary N) is 2. The SMILES string of the molecule is c1csc(CNCCC2COCCN2)c1. The molecule has 2 rings (SSSR count). The van der Waals surface area contributed by atoms with Crippen molar-refractivity contribution in [3.63, 3.8) is 0 Å². The van der Waals surface area contributed by atoms with E-state index in [1.54, 1.807) is 11.3 Å². The van der Waals surface area contributed by atoms with Crippen LogP contribution >= 0.6 is 11.3 Å². The van der Waals surface area contributed by atoms with Crippen molar-refractivity contribution in [2.45, 2.75) is 19.0 Å². The fourth-order valence-corrected chi connectivity index (χ4v) is 2.38. The van der Waals surface area contributed by atoms with E-state index in [-0.39, 0.29) is 0 Å². The van der Waals surface area contributed by atoms with E-state index in [1.165, 1.54) is 4.88 Å². The van der Waals surface area contributed by atoms with Gasteiger partial charge in [-0.3, -0.25) is 0 Å². The van der Waals surface area contributed by atoms with Crippen LogP contribution in [0.1, 0.15) is 11.3 Å². The van der Waals surface area contributed by atoms with Crippen LogP contribution in [0.15, 0.2) is 17.5 Å². The number of ether oxygens (including phenoxy) is 1. The van der Waals surface area contributed by atoms with Gasteiger partial charge in [0.1, 0.15) is 0 Å². The molecule has 0 aromatic carbocycles. The van der Waals surface area contributed by atoms with E-state index in [1.807, 2.05) is 0 Å². The van der Waals surface area contributed by atoms with Crippen LogP contribution in [-0.2, 0) is 11.3 Å². The van der Waals surface area contributed by atoms with Crippen LogP contribution in [-0.4, -0.2) is 32.3 Å². The van der Waals surface area contributed by atoms with Crippen LogP contribution < -0.4 is 10.6 Å². The van der Waals surface area contributed by atoms with Gasteiger partial charge in [-0.2, -0.15) is 0 Å². The van der Waals surface area contributed by atoms with Gasteiger partial charge < -0.3 is 15.4 Å². The van der Waals surface area contributed by atoms with E-state index in [4.69, 9.17) is 4.74 Å². The van der Waals surface area contributed by atoms with Gasteiger partial charge in [-0.05, 0) is 24.4 Å². The highest BCUT2D eigenvalue weighted by atomic mass is 32.1. The fraction of sp³-hybridized carbons (Fsp3) is 0.636. The van der Waals surface area contributed by atoms with E-state index >= 15 is 0 Å². The normalized spacial score (nSPS) is 21.7. The van der Waals surface area contributed by atoms with Crippen LogP contribution in [0.4, 0.5) is 0 Å². The Kier molecular flexibility index (Phi) is 4.60. The minimum absolute atomic E-state index is 0.537. The van der Waals surface area contributed by atoms with E-state index in [0.717, 1.165) is 39.3 Å². The van der Waals surface area contributed by atoms with Crippen LogP contribution in [0.2, 0.25) is 0 Å². The maximum Gasteiger partial charge on any atom is 0.0620 e. The first kappa shape index (κ1) is 11.1. The molecule has 1 aromatic heterocycles. The number of hydrogen-bond donors (Lipinski definition) is 2. The Balaban J connectivity index is 1.54. The second-order valence-corrected chi connectivity index (χ2v) is 4.80. The lowest BCUT2D eigenvalue weighted by atomic mass is 10.2. The molecule has 0 saturated carbocycles. The molecule has 0 spiro atoms. The van der Waals surface area contributed by atoms with Crippen molar-refractivity contribution in [3.8, 4) is 0 Å². The summed E-state index contributed by atoms with van der Waals surface area (Å²) >= 11 is 1.81. The van der Waals surface area contributed by atoms with Crippen LogP contribution in [0.3, 0.4) is 0 Å². The molecule has 1 aliphatic heterocycles. The molecule has 1 aromatic rings. The molecule has 3 nitrogen and oxygen atoms in total. The summed E-state index contributed by atoms with van der Waals surface area (Å²) in [6.07, 6.45) is 1.14. The van der Waals surface area contributed by atoms with Crippen molar-refractivity contribution in [1.82, 2.24) is 10.6 Å². The highest BCUT2D eigenvalue weighted by Gasteiger charge is 2.11. The van der Waals surface area contributed by atoms with Gasteiger partial charge in [-0.15, -0.1) is 11.3 Å². The zero-order valence-electron chi connectivity index (χ0n) is 8.87. The zero-order valence-corrected chi connectivity index (χ0v) is 9.69. The summed E-state index contributed by atoms with van der Waals surface area (Å²) < 4.78 is 5.40. The van der Waals surface area contributed by atoms with Crippen molar-refractivity contribution in [3.05, 3.63) is 22.4 Å². The predicted octanol–water partition coefficient (Wildman–Crippen LogP) is 1.22. The lowest BCUT2D eigenvalue weighted by Crippen LogP contribution is -2.42. The molecule has 15 heavy (non-hydrogen) atoms. The Labute approximate surface area is 94.8 Å². The molecule has 0 bridgehead atoms. The lowest BCUT2D eigenvalue weighted by Gasteiger charge is -2.23. The molecule has 4 heteroatoms. The van der Waals surface area contributed by atoms with Crippen molar-refractivity contribution < 1.29 is 4.74 Å². The van der Waals surface area contributed by atoms with Gasteiger partial charge in [0.05, 0.1) is 13.2 Å². The Morgan fingerprint density at radius 3 is 3.33 bits per heavy atom. The van der Waals surface area contributed by atoms with Gasteiger partial charge in [0, 0.05) is 24.0 Å². The van der Waals surface area contributed by atoms with Crippen LogP contribution in [0.25, 0.3) is 0 Å². The topological polar surface area (TPSA) is 33.3 Å². The molecule has 1 unspecified atom stereocenters. The number of hydrogen-bond acceptors (Lipinski definition) is 4. The van der Waals surface area contributed by atoms with Gasteiger partial charge in [0.25, 0.3) is 0 Å². The second kappa shape index (κ2) is 6.23. The van der Waals surface area contributed by atoms with Crippen molar-refractivity contribution >= 4 is 11.3 Å². The second-order valence-electron chi connectivity index (χ2n) is 3.77. The highest BCUT2D eigenvalue weighted by Crippen LogP contribution is 2.07. The summed E-state index contributed by atoms with van der Waals surface area (Å²) in [4.78, 5) is 1.41. The van der Waals surface area contributed by atoms with Gasteiger partial charge in [-0.25, -0.2) is 0 Å². The Bertz CT molecular complexity index is 258. The number of thiophene rings is 1. The van der Waals surface area contributed by atoms with Crippen molar-refractivity contribution in [2.24, 2.45) is 0 Å². The molecule has 1 aliphatic rings. The predicted molar refractivity (Wildman–Crippen MR) is 63.3 cm³/mol. The van der Waals surface area contributed by atoms with Crippen molar-refractivity contribution in [1.29, 1.82) is 0 Å². The molecule has 1 saturated heterocycles. The summed E-state index contributed by atoms with van der Waals surface area (Å²) in [7, 11) is 0. The van der Waals surface area contributed by atoms with Crippen LogP contribution in [0, 0.1) is 0 Å². The molecule has 0 amide bonds. The van der Waals surface area contributed by atoms with Crippen molar-refractivity contribution in [2.75, 3.05) is 26.3 Å². The molecular weight excluding hydrogens is 208 g/mol. The van der Waals surface area contributed by atoms with Gasteiger partial charge in [-0.1, -0.05) is 6.07 Å². The third kappa shape index (κ3) is 3.91. The third-order valence-electron chi connectivity index (χ3n) is 2.55. The average molecular weight is 226 g/mol. The van der Waals surface area contributed by atoms with Gasteiger partial charge >= 0.3 is 0 Å². The molecule has 0 aliphatic carbocycles. The summed E-state index contributed by atoms with van der Waals surface area (Å²) in [6, 6.07) is 4.80. The minimum Gasteiger partial charge on any atom is -0.379 e. The fourth-order valence-electron chi connectivity index (χ4n) is 1.71. The standard InChI is InChI=1S/C11H18N2OS/c1-2-11(15-7-1)8-12-4-3-10-9-14-6-5-13-10/h1-2,7,10,12-13H,3-6,8-9H2. The first-order valence-corrected chi connectivity index (χ1v) is 6.37.